The summed E-state index contributed by atoms with van der Waals surface area (Å²) in [4.78, 5) is 0. The van der Waals surface area contributed by atoms with Gasteiger partial charge in [0.25, 0.3) is 0 Å². The van der Waals surface area contributed by atoms with E-state index in [2.05, 4.69) is 12.8 Å². The molecule has 0 saturated heterocycles. The molecule has 32 valence electrons. The average molecular weight is 118 g/mol. The number of aromatic nitrogens is 1. The van der Waals surface area contributed by atoms with Crippen LogP contribution in [-0.4, -0.2) is 0 Å². The summed E-state index contributed by atoms with van der Waals surface area (Å²) in [6.07, 6.45) is 1.88. The second-order valence-electron chi connectivity index (χ2n) is 0.907. The zero-order valence-corrected chi connectivity index (χ0v) is 4.75. The molecule has 0 unspecified atom stereocenters. The van der Waals surface area contributed by atoms with Crippen LogP contribution in [0.2, 0.25) is 0 Å². The standard InChI is InChI=1S/C3H4NS2/c5-4-1-2-6-3-4/h1-3,5H/q+1. The van der Waals surface area contributed by atoms with Crippen LogP contribution in [0.4, 0.5) is 0 Å². The summed E-state index contributed by atoms with van der Waals surface area (Å²) in [7, 11) is 0. The summed E-state index contributed by atoms with van der Waals surface area (Å²) in [6, 6.07) is 0. The van der Waals surface area contributed by atoms with Crippen LogP contribution in [0.5, 0.6) is 0 Å². The molecular weight excluding hydrogens is 114 g/mol. The first-order valence-corrected chi connectivity index (χ1v) is 2.86. The maximum absolute atomic E-state index is 3.96. The molecule has 0 spiro atoms. The third-order valence-electron chi connectivity index (χ3n) is 0.461. The molecule has 0 amide bonds. The van der Waals surface area contributed by atoms with Crippen LogP contribution in [0, 0.1) is 0 Å². The van der Waals surface area contributed by atoms with E-state index in [1.807, 2.05) is 17.1 Å². The third kappa shape index (κ3) is 0.725. The largest absolute Gasteiger partial charge is 0.238 e. The van der Waals surface area contributed by atoms with Gasteiger partial charge in [-0.15, -0.1) is 3.97 Å². The van der Waals surface area contributed by atoms with E-state index in [1.165, 1.54) is 0 Å². The highest BCUT2D eigenvalue weighted by molar-refractivity contribution is 7.73. The molecular formula is C3H4NS2+. The van der Waals surface area contributed by atoms with Crippen molar-refractivity contribution in [2.24, 2.45) is 0 Å². The molecule has 1 aromatic rings. The van der Waals surface area contributed by atoms with Crippen molar-refractivity contribution in [2.75, 3.05) is 0 Å². The Morgan fingerprint density at radius 3 is 2.67 bits per heavy atom. The van der Waals surface area contributed by atoms with Gasteiger partial charge in [-0.1, -0.05) is 11.3 Å². The SMILES string of the molecule is S[n+]1ccsc1. The maximum Gasteiger partial charge on any atom is 0.238 e. The lowest BCUT2D eigenvalue weighted by molar-refractivity contribution is -0.482. The first-order chi connectivity index (χ1) is 2.89. The van der Waals surface area contributed by atoms with Crippen molar-refractivity contribution in [2.45, 2.75) is 0 Å². The van der Waals surface area contributed by atoms with E-state index in [1.54, 1.807) is 15.3 Å². The number of nitrogens with zero attached hydrogens (tertiary/aromatic N) is 1. The predicted octanol–water partition coefficient (Wildman–Crippen LogP) is 0.729. The molecule has 1 aromatic heterocycles. The predicted molar refractivity (Wildman–Crippen MR) is 28.9 cm³/mol. The van der Waals surface area contributed by atoms with Gasteiger partial charge < -0.3 is 0 Å². The Hall–Kier alpha value is -0.0200. The van der Waals surface area contributed by atoms with Crippen LogP contribution >= 0.6 is 24.2 Å². The second-order valence-corrected chi connectivity index (χ2v) is 2.12. The van der Waals surface area contributed by atoms with Gasteiger partial charge in [0.1, 0.15) is 12.8 Å². The minimum atomic E-state index is 1.63. The van der Waals surface area contributed by atoms with Gasteiger partial charge in [-0.05, 0) is 0 Å². The summed E-state index contributed by atoms with van der Waals surface area (Å²) in [6.45, 7) is 0. The minimum absolute atomic E-state index is 1.63. The first kappa shape index (κ1) is 4.15. The number of hydrogen-bond donors (Lipinski definition) is 1. The molecule has 1 nitrogen and oxygen atoms in total. The molecule has 1 rings (SSSR count). The number of hydrogen-bond acceptors (Lipinski definition) is 2. The van der Waals surface area contributed by atoms with Crippen LogP contribution in [-0.2, 0) is 0 Å². The molecule has 0 aliphatic carbocycles. The fourth-order valence-corrected chi connectivity index (χ4v) is 1.02. The van der Waals surface area contributed by atoms with Gasteiger partial charge >= 0.3 is 0 Å². The first-order valence-electron chi connectivity index (χ1n) is 1.52. The summed E-state index contributed by atoms with van der Waals surface area (Å²) < 4.78 is 1.71. The zero-order valence-electron chi connectivity index (χ0n) is 3.03. The molecule has 0 radical (unpaired) electrons. The quantitative estimate of drug-likeness (QED) is 0.378. The molecule has 0 bridgehead atoms. The van der Waals surface area contributed by atoms with Gasteiger partial charge in [0.2, 0.25) is 5.51 Å². The van der Waals surface area contributed by atoms with E-state index in [0.29, 0.717) is 0 Å². The number of rotatable bonds is 0. The van der Waals surface area contributed by atoms with Gasteiger partial charge in [0, 0.05) is 0 Å². The second kappa shape index (κ2) is 1.62. The van der Waals surface area contributed by atoms with Crippen molar-refractivity contribution in [1.82, 2.24) is 0 Å². The normalized spacial score (nSPS) is 8.83. The number of thiol groups is 1. The van der Waals surface area contributed by atoms with Crippen LogP contribution < -0.4 is 3.97 Å². The molecule has 0 aliphatic heterocycles. The highest BCUT2D eigenvalue weighted by Crippen LogP contribution is 1.86. The summed E-state index contributed by atoms with van der Waals surface area (Å²) >= 11 is 5.59. The lowest BCUT2D eigenvalue weighted by Gasteiger charge is -1.58. The Kier molecular flexibility index (Phi) is 1.12. The minimum Gasteiger partial charge on any atom is -0.126 e. The molecule has 1 heterocycles. The Bertz CT molecular complexity index is 112. The molecule has 3 heteroatoms. The Morgan fingerprint density at radius 1 is 1.67 bits per heavy atom. The topological polar surface area (TPSA) is 3.88 Å². The summed E-state index contributed by atoms with van der Waals surface area (Å²) in [5.41, 5.74) is 1.91. The Balaban J connectivity index is 3.05. The molecule has 0 aromatic carbocycles. The van der Waals surface area contributed by atoms with Crippen LogP contribution in [0.3, 0.4) is 0 Å². The van der Waals surface area contributed by atoms with E-state index < -0.39 is 0 Å². The fourth-order valence-electron chi connectivity index (χ4n) is 0.230. The van der Waals surface area contributed by atoms with Gasteiger partial charge in [-0.2, -0.15) is 0 Å². The lowest BCUT2D eigenvalue weighted by Crippen LogP contribution is -2.12. The van der Waals surface area contributed by atoms with Crippen LogP contribution in [0.1, 0.15) is 0 Å². The van der Waals surface area contributed by atoms with Crippen molar-refractivity contribution in [1.29, 1.82) is 0 Å². The smallest absolute Gasteiger partial charge is 0.126 e. The van der Waals surface area contributed by atoms with Gasteiger partial charge in [-0.25, -0.2) is 0 Å². The lowest BCUT2D eigenvalue weighted by atomic mass is 11.0. The monoisotopic (exact) mass is 118 g/mol. The van der Waals surface area contributed by atoms with E-state index in [0.717, 1.165) is 0 Å². The van der Waals surface area contributed by atoms with E-state index in [9.17, 15) is 0 Å². The molecule has 0 saturated carbocycles. The molecule has 0 fully saturated rings. The van der Waals surface area contributed by atoms with Gasteiger partial charge in [-0.3, -0.25) is 0 Å². The van der Waals surface area contributed by atoms with Crippen molar-refractivity contribution >= 4 is 24.2 Å². The van der Waals surface area contributed by atoms with E-state index >= 15 is 0 Å². The Morgan fingerprint density at radius 2 is 2.50 bits per heavy atom. The zero-order chi connectivity index (χ0) is 4.41. The average Bonchev–Trinajstić information content (AvgIpc) is 1.86. The molecule has 0 N–H and O–H groups in total. The Labute approximate surface area is 45.8 Å². The molecule has 0 atom stereocenters. The summed E-state index contributed by atoms with van der Waals surface area (Å²) in [5.74, 6) is 0. The highest BCUT2D eigenvalue weighted by atomic mass is 32.1. The highest BCUT2D eigenvalue weighted by Gasteiger charge is 1.84. The number of thiazole rings is 1. The van der Waals surface area contributed by atoms with Crippen molar-refractivity contribution < 1.29 is 3.97 Å². The van der Waals surface area contributed by atoms with Crippen molar-refractivity contribution in [3.63, 3.8) is 0 Å². The van der Waals surface area contributed by atoms with Gasteiger partial charge in [0.15, 0.2) is 6.20 Å². The van der Waals surface area contributed by atoms with Crippen LogP contribution in [0.25, 0.3) is 0 Å². The van der Waals surface area contributed by atoms with Crippen molar-refractivity contribution in [3.05, 3.63) is 17.1 Å². The van der Waals surface area contributed by atoms with Gasteiger partial charge in [0.05, 0.1) is 5.38 Å². The van der Waals surface area contributed by atoms with E-state index in [-0.39, 0.29) is 0 Å². The fraction of sp³-hybridized carbons (Fsp3) is 0. The van der Waals surface area contributed by atoms with E-state index in [4.69, 9.17) is 0 Å². The van der Waals surface area contributed by atoms with Crippen LogP contribution in [0.15, 0.2) is 17.1 Å². The molecule has 6 heavy (non-hydrogen) atoms. The maximum atomic E-state index is 3.96. The summed E-state index contributed by atoms with van der Waals surface area (Å²) in [5, 5.41) is 1.97. The molecule has 0 aliphatic rings. The van der Waals surface area contributed by atoms with Crippen molar-refractivity contribution in [3.8, 4) is 0 Å². The third-order valence-corrected chi connectivity index (χ3v) is 1.49.